The molecule has 0 saturated carbocycles. The predicted molar refractivity (Wildman–Crippen MR) is 113 cm³/mol. The predicted octanol–water partition coefficient (Wildman–Crippen LogP) is 2.60. The molecule has 3 aromatic rings. The van der Waals surface area contributed by atoms with Gasteiger partial charge in [0.25, 0.3) is 5.91 Å². The highest BCUT2D eigenvalue weighted by Crippen LogP contribution is 2.18. The van der Waals surface area contributed by atoms with E-state index in [1.54, 1.807) is 13.0 Å². The number of hydrogen-bond donors (Lipinski definition) is 3. The van der Waals surface area contributed by atoms with Crippen LogP contribution in [-0.2, 0) is 6.42 Å². The molecule has 7 nitrogen and oxygen atoms in total. The number of aryl methyl sites for hydroxylation is 1. The Morgan fingerprint density at radius 3 is 2.82 bits per heavy atom. The van der Waals surface area contributed by atoms with Crippen molar-refractivity contribution in [3.63, 3.8) is 0 Å². The van der Waals surface area contributed by atoms with E-state index >= 15 is 0 Å². The summed E-state index contributed by atoms with van der Waals surface area (Å²) < 4.78 is 0. The van der Waals surface area contributed by atoms with Gasteiger partial charge in [-0.05, 0) is 52.0 Å². The number of nitrogens with one attached hydrogen (secondary N) is 3. The maximum atomic E-state index is 12.4. The van der Waals surface area contributed by atoms with Crippen molar-refractivity contribution in [1.29, 1.82) is 0 Å². The fourth-order valence-corrected chi connectivity index (χ4v) is 3.13. The summed E-state index contributed by atoms with van der Waals surface area (Å²) in [4.78, 5) is 26.4. The third-order valence-electron chi connectivity index (χ3n) is 4.51. The van der Waals surface area contributed by atoms with Crippen LogP contribution in [-0.4, -0.2) is 59.5 Å². The van der Waals surface area contributed by atoms with Crippen molar-refractivity contribution in [1.82, 2.24) is 25.2 Å². The molecule has 0 saturated heterocycles. The van der Waals surface area contributed by atoms with E-state index in [0.29, 0.717) is 23.9 Å². The number of aromatic nitrogens is 3. The maximum absolute atomic E-state index is 12.4. The lowest BCUT2D eigenvalue weighted by molar-refractivity contribution is 0.0947. The lowest BCUT2D eigenvalue weighted by Crippen LogP contribution is -2.28. The molecule has 3 rings (SSSR count). The second-order valence-electron chi connectivity index (χ2n) is 7.13. The summed E-state index contributed by atoms with van der Waals surface area (Å²) in [6.07, 6.45) is 3.81. The molecule has 0 spiro atoms. The molecule has 0 radical (unpaired) electrons. The summed E-state index contributed by atoms with van der Waals surface area (Å²) in [5.74, 6) is 1.09. The molecule has 148 valence electrons. The van der Waals surface area contributed by atoms with Crippen LogP contribution in [0.25, 0.3) is 10.9 Å². The van der Waals surface area contributed by atoms with Gasteiger partial charge >= 0.3 is 0 Å². The molecule has 0 atom stereocenters. The molecule has 0 aliphatic rings. The fourth-order valence-electron chi connectivity index (χ4n) is 3.13. The lowest BCUT2D eigenvalue weighted by atomic mass is 10.1. The summed E-state index contributed by atoms with van der Waals surface area (Å²) in [5, 5.41) is 7.47. The number of para-hydroxylation sites is 1. The number of benzene rings is 1. The van der Waals surface area contributed by atoms with Crippen molar-refractivity contribution < 1.29 is 4.79 Å². The van der Waals surface area contributed by atoms with Gasteiger partial charge in [0, 0.05) is 36.3 Å². The molecule has 1 aromatic carbocycles. The summed E-state index contributed by atoms with van der Waals surface area (Å²) in [5.41, 5.74) is 2.79. The fraction of sp³-hybridized carbons (Fsp3) is 0.381. The van der Waals surface area contributed by atoms with Gasteiger partial charge in [-0.25, -0.2) is 9.97 Å². The number of amides is 1. The van der Waals surface area contributed by atoms with E-state index in [-0.39, 0.29) is 5.91 Å². The molecule has 2 aromatic heterocycles. The smallest absolute Gasteiger partial charge is 0.270 e. The Bertz CT molecular complexity index is 934. The number of carbonyl (C=O) groups is 1. The zero-order valence-corrected chi connectivity index (χ0v) is 16.7. The first kappa shape index (κ1) is 19.8. The normalized spacial score (nSPS) is 11.1. The van der Waals surface area contributed by atoms with E-state index in [1.807, 2.05) is 32.4 Å². The molecule has 0 aliphatic heterocycles. The largest absolute Gasteiger partial charge is 0.370 e. The molecule has 28 heavy (non-hydrogen) atoms. The van der Waals surface area contributed by atoms with Crippen LogP contribution in [0.4, 0.5) is 5.82 Å². The first-order chi connectivity index (χ1) is 13.5. The van der Waals surface area contributed by atoms with Gasteiger partial charge in [0.1, 0.15) is 17.3 Å². The van der Waals surface area contributed by atoms with Crippen LogP contribution in [0.15, 0.2) is 36.5 Å². The van der Waals surface area contributed by atoms with Crippen molar-refractivity contribution in [2.75, 3.05) is 39.0 Å². The highest BCUT2D eigenvalue weighted by atomic mass is 16.1. The SMILES string of the molecule is Cc1nc(NCCc2c[nH]c3ccccc23)cc(C(=O)NCCCN(C)C)n1. The third kappa shape index (κ3) is 5.29. The van der Waals surface area contributed by atoms with E-state index < -0.39 is 0 Å². The van der Waals surface area contributed by atoms with E-state index in [4.69, 9.17) is 0 Å². The second-order valence-corrected chi connectivity index (χ2v) is 7.13. The van der Waals surface area contributed by atoms with Crippen molar-refractivity contribution in [3.05, 3.63) is 53.6 Å². The standard InChI is InChI=1S/C21H28N6O/c1-15-25-19(21(28)23-10-6-12-27(2)3)13-20(26-15)22-11-9-16-14-24-18-8-5-4-7-17(16)18/h4-5,7-8,13-14,24H,6,9-12H2,1-3H3,(H,23,28)(H,22,25,26). The molecule has 2 heterocycles. The van der Waals surface area contributed by atoms with Gasteiger partial charge in [-0.1, -0.05) is 18.2 Å². The zero-order valence-electron chi connectivity index (χ0n) is 16.7. The Morgan fingerprint density at radius 1 is 1.18 bits per heavy atom. The number of aromatic amines is 1. The minimum atomic E-state index is -0.163. The van der Waals surface area contributed by atoms with Gasteiger partial charge < -0.3 is 20.5 Å². The Hall–Kier alpha value is -2.93. The van der Waals surface area contributed by atoms with Gasteiger partial charge in [0.05, 0.1) is 0 Å². The number of fused-ring (bicyclic) bond motifs is 1. The Kier molecular flexibility index (Phi) is 6.60. The van der Waals surface area contributed by atoms with Crippen LogP contribution in [0, 0.1) is 6.92 Å². The lowest BCUT2D eigenvalue weighted by Gasteiger charge is -2.11. The third-order valence-corrected chi connectivity index (χ3v) is 4.51. The monoisotopic (exact) mass is 380 g/mol. The topological polar surface area (TPSA) is 85.9 Å². The van der Waals surface area contributed by atoms with Gasteiger partial charge in [0.15, 0.2) is 0 Å². The number of carbonyl (C=O) groups excluding carboxylic acids is 1. The van der Waals surface area contributed by atoms with Gasteiger partial charge in [-0.3, -0.25) is 4.79 Å². The molecule has 1 amide bonds. The molecule has 3 N–H and O–H groups in total. The summed E-state index contributed by atoms with van der Waals surface area (Å²) in [6.45, 7) is 4.09. The number of H-pyrrole nitrogens is 1. The van der Waals surface area contributed by atoms with Gasteiger partial charge in [-0.2, -0.15) is 0 Å². The minimum absolute atomic E-state index is 0.163. The number of nitrogens with zero attached hydrogens (tertiary/aromatic N) is 3. The highest BCUT2D eigenvalue weighted by molar-refractivity contribution is 5.92. The van der Waals surface area contributed by atoms with Crippen LogP contribution >= 0.6 is 0 Å². The Morgan fingerprint density at radius 2 is 2.00 bits per heavy atom. The maximum Gasteiger partial charge on any atom is 0.270 e. The molecule has 0 fully saturated rings. The summed E-state index contributed by atoms with van der Waals surface area (Å²) >= 11 is 0. The minimum Gasteiger partial charge on any atom is -0.370 e. The van der Waals surface area contributed by atoms with Crippen molar-refractivity contribution >= 4 is 22.6 Å². The van der Waals surface area contributed by atoms with E-state index in [1.165, 1.54) is 10.9 Å². The average Bonchev–Trinajstić information content (AvgIpc) is 3.08. The van der Waals surface area contributed by atoms with Gasteiger partial charge in [0.2, 0.25) is 0 Å². The first-order valence-electron chi connectivity index (χ1n) is 9.60. The van der Waals surface area contributed by atoms with Crippen LogP contribution in [0.3, 0.4) is 0 Å². The molecular formula is C21H28N6O. The van der Waals surface area contributed by atoms with Crippen molar-refractivity contribution in [3.8, 4) is 0 Å². The molecule has 7 heteroatoms. The van der Waals surface area contributed by atoms with Crippen LogP contribution in [0.2, 0.25) is 0 Å². The number of anilines is 1. The van der Waals surface area contributed by atoms with Crippen molar-refractivity contribution in [2.24, 2.45) is 0 Å². The Balaban J connectivity index is 1.56. The Labute approximate surface area is 165 Å². The highest BCUT2D eigenvalue weighted by Gasteiger charge is 2.10. The number of hydrogen-bond acceptors (Lipinski definition) is 5. The van der Waals surface area contributed by atoms with E-state index in [9.17, 15) is 4.79 Å². The van der Waals surface area contributed by atoms with Crippen LogP contribution in [0.1, 0.15) is 28.3 Å². The quantitative estimate of drug-likeness (QED) is 0.497. The number of rotatable bonds is 9. The molecule has 0 aliphatic carbocycles. The molecular weight excluding hydrogens is 352 g/mol. The molecule has 0 unspecified atom stereocenters. The van der Waals surface area contributed by atoms with Crippen LogP contribution < -0.4 is 10.6 Å². The van der Waals surface area contributed by atoms with E-state index in [0.717, 1.165) is 31.4 Å². The summed E-state index contributed by atoms with van der Waals surface area (Å²) in [6, 6.07) is 9.98. The zero-order chi connectivity index (χ0) is 19.9. The van der Waals surface area contributed by atoms with Crippen LogP contribution in [0.5, 0.6) is 0 Å². The van der Waals surface area contributed by atoms with Gasteiger partial charge in [-0.15, -0.1) is 0 Å². The first-order valence-corrected chi connectivity index (χ1v) is 9.60. The van der Waals surface area contributed by atoms with Crippen molar-refractivity contribution in [2.45, 2.75) is 19.8 Å². The molecule has 0 bridgehead atoms. The summed E-state index contributed by atoms with van der Waals surface area (Å²) in [7, 11) is 4.04. The second kappa shape index (κ2) is 9.32. The average molecular weight is 380 g/mol. The van der Waals surface area contributed by atoms with E-state index in [2.05, 4.69) is 42.6 Å².